The molecule has 3 nitrogen and oxygen atoms in total. The van der Waals surface area contributed by atoms with Gasteiger partial charge in [0.25, 0.3) is 0 Å². The van der Waals surface area contributed by atoms with Gasteiger partial charge < -0.3 is 10.6 Å². The lowest BCUT2D eigenvalue weighted by Crippen LogP contribution is -2.47. The third kappa shape index (κ3) is 3.02. The second-order valence-electron chi connectivity index (χ2n) is 2.22. The van der Waals surface area contributed by atoms with Gasteiger partial charge in [-0.3, -0.25) is 0 Å². The molecule has 58 valence electrons. The van der Waals surface area contributed by atoms with E-state index in [0.29, 0.717) is 12.5 Å². The quantitative estimate of drug-likeness (QED) is 0.564. The van der Waals surface area contributed by atoms with Crippen LogP contribution in [0.25, 0.3) is 0 Å². The van der Waals surface area contributed by atoms with Crippen molar-refractivity contribution < 1.29 is 0 Å². The highest BCUT2D eigenvalue weighted by molar-refractivity contribution is 5.85. The van der Waals surface area contributed by atoms with Gasteiger partial charge in [0, 0.05) is 25.7 Å². The van der Waals surface area contributed by atoms with E-state index in [4.69, 9.17) is 5.26 Å². The van der Waals surface area contributed by atoms with Crippen molar-refractivity contribution in [3.8, 4) is 6.07 Å². The van der Waals surface area contributed by atoms with Gasteiger partial charge in [0.2, 0.25) is 0 Å². The first-order valence-electron chi connectivity index (χ1n) is 3.24. The lowest BCUT2D eigenvalue weighted by atomic mass is 10.2. The van der Waals surface area contributed by atoms with Crippen molar-refractivity contribution in [2.24, 2.45) is 0 Å². The van der Waals surface area contributed by atoms with E-state index < -0.39 is 0 Å². The van der Waals surface area contributed by atoms with Crippen LogP contribution in [0.3, 0.4) is 0 Å². The van der Waals surface area contributed by atoms with Crippen LogP contribution in [0.1, 0.15) is 6.42 Å². The summed E-state index contributed by atoms with van der Waals surface area (Å²) in [5.74, 6) is 0. The predicted octanol–water partition coefficient (Wildman–Crippen LogP) is -0.117. The number of halogens is 1. The summed E-state index contributed by atoms with van der Waals surface area (Å²) in [5, 5.41) is 14.7. The number of hydrogen-bond donors (Lipinski definition) is 2. The Labute approximate surface area is 67.2 Å². The van der Waals surface area contributed by atoms with E-state index in [9.17, 15) is 0 Å². The van der Waals surface area contributed by atoms with E-state index in [1.165, 1.54) is 0 Å². The van der Waals surface area contributed by atoms with Crippen molar-refractivity contribution in [2.45, 2.75) is 12.5 Å². The minimum absolute atomic E-state index is 0. The van der Waals surface area contributed by atoms with E-state index >= 15 is 0 Å². The van der Waals surface area contributed by atoms with Crippen LogP contribution in [0, 0.1) is 11.3 Å². The summed E-state index contributed by atoms with van der Waals surface area (Å²) in [6.45, 7) is 2.96. The second kappa shape index (κ2) is 5.48. The van der Waals surface area contributed by atoms with E-state index in [0.717, 1.165) is 19.6 Å². The standard InChI is InChI=1S/C6H11N3.ClH/c7-2-1-6-5-8-3-4-9-6;/h6,8-9H,1,3-5H2;1H. The number of rotatable bonds is 1. The van der Waals surface area contributed by atoms with E-state index in [-0.39, 0.29) is 12.4 Å². The van der Waals surface area contributed by atoms with Crippen LogP contribution in [0.4, 0.5) is 0 Å². The number of hydrogen-bond acceptors (Lipinski definition) is 3. The minimum Gasteiger partial charge on any atom is -0.314 e. The molecule has 1 aliphatic rings. The zero-order chi connectivity index (χ0) is 6.53. The average Bonchev–Trinajstić information content (AvgIpc) is 1.91. The Morgan fingerprint density at radius 2 is 2.30 bits per heavy atom. The third-order valence-corrected chi connectivity index (χ3v) is 1.46. The van der Waals surface area contributed by atoms with Crippen LogP contribution in [-0.4, -0.2) is 25.7 Å². The second-order valence-corrected chi connectivity index (χ2v) is 2.22. The van der Waals surface area contributed by atoms with Crippen LogP contribution in [0.15, 0.2) is 0 Å². The van der Waals surface area contributed by atoms with Crippen LogP contribution in [-0.2, 0) is 0 Å². The number of nitrogens with zero attached hydrogens (tertiary/aromatic N) is 1. The highest BCUT2D eigenvalue weighted by Crippen LogP contribution is 1.90. The number of piperazine rings is 1. The normalized spacial score (nSPS) is 24.5. The highest BCUT2D eigenvalue weighted by atomic mass is 35.5. The Morgan fingerprint density at radius 3 is 2.80 bits per heavy atom. The SMILES string of the molecule is Cl.N#CCC1CNCCN1. The molecule has 1 unspecified atom stereocenters. The first kappa shape index (κ1) is 9.70. The molecule has 0 spiro atoms. The smallest absolute Gasteiger partial charge is 0.0638 e. The molecule has 0 amide bonds. The number of nitrogens with one attached hydrogen (secondary N) is 2. The Kier molecular flexibility index (Phi) is 5.32. The van der Waals surface area contributed by atoms with Crippen molar-refractivity contribution in [3.63, 3.8) is 0 Å². The van der Waals surface area contributed by atoms with Crippen molar-refractivity contribution in [1.82, 2.24) is 10.6 Å². The number of nitriles is 1. The van der Waals surface area contributed by atoms with Gasteiger partial charge >= 0.3 is 0 Å². The van der Waals surface area contributed by atoms with E-state index in [1.54, 1.807) is 0 Å². The highest BCUT2D eigenvalue weighted by Gasteiger charge is 2.09. The molecule has 1 saturated heterocycles. The summed E-state index contributed by atoms with van der Waals surface area (Å²) < 4.78 is 0. The summed E-state index contributed by atoms with van der Waals surface area (Å²) in [7, 11) is 0. The maximum atomic E-state index is 8.30. The summed E-state index contributed by atoms with van der Waals surface area (Å²) in [6.07, 6.45) is 0.618. The largest absolute Gasteiger partial charge is 0.314 e. The fraction of sp³-hybridized carbons (Fsp3) is 0.833. The van der Waals surface area contributed by atoms with Crippen molar-refractivity contribution >= 4 is 12.4 Å². The fourth-order valence-corrected chi connectivity index (χ4v) is 0.968. The molecular formula is C6H12ClN3. The van der Waals surface area contributed by atoms with Crippen LogP contribution < -0.4 is 10.6 Å². The summed E-state index contributed by atoms with van der Waals surface area (Å²) in [6, 6.07) is 2.51. The van der Waals surface area contributed by atoms with Gasteiger partial charge in [0.05, 0.1) is 12.5 Å². The van der Waals surface area contributed by atoms with Gasteiger partial charge in [-0.2, -0.15) is 5.26 Å². The molecule has 0 saturated carbocycles. The zero-order valence-electron chi connectivity index (χ0n) is 5.76. The van der Waals surface area contributed by atoms with E-state index in [2.05, 4.69) is 16.7 Å². The molecule has 1 atom stereocenters. The molecule has 0 aromatic carbocycles. The minimum atomic E-state index is 0. The summed E-state index contributed by atoms with van der Waals surface area (Å²) in [4.78, 5) is 0. The predicted molar refractivity (Wildman–Crippen MR) is 42.1 cm³/mol. The molecule has 1 rings (SSSR count). The first-order valence-corrected chi connectivity index (χ1v) is 3.24. The maximum absolute atomic E-state index is 8.30. The lowest BCUT2D eigenvalue weighted by Gasteiger charge is -2.21. The van der Waals surface area contributed by atoms with Crippen LogP contribution >= 0.6 is 12.4 Å². The van der Waals surface area contributed by atoms with Crippen molar-refractivity contribution in [1.29, 1.82) is 5.26 Å². The lowest BCUT2D eigenvalue weighted by molar-refractivity contribution is 0.423. The van der Waals surface area contributed by atoms with Gasteiger partial charge in [-0.1, -0.05) is 0 Å². The molecule has 0 radical (unpaired) electrons. The molecule has 0 aliphatic carbocycles. The topological polar surface area (TPSA) is 47.9 Å². The molecule has 1 aliphatic heterocycles. The molecule has 10 heavy (non-hydrogen) atoms. The Morgan fingerprint density at radius 1 is 1.50 bits per heavy atom. The Hall–Kier alpha value is -0.300. The van der Waals surface area contributed by atoms with Gasteiger partial charge in [-0.15, -0.1) is 12.4 Å². The Balaban J connectivity index is 0.000000810. The molecule has 0 bridgehead atoms. The van der Waals surface area contributed by atoms with E-state index in [1.807, 2.05) is 0 Å². The van der Waals surface area contributed by atoms with Crippen LogP contribution in [0.2, 0.25) is 0 Å². The van der Waals surface area contributed by atoms with Crippen molar-refractivity contribution in [3.05, 3.63) is 0 Å². The maximum Gasteiger partial charge on any atom is 0.0638 e. The molecule has 2 N–H and O–H groups in total. The molecule has 0 aromatic rings. The molecular weight excluding hydrogens is 150 g/mol. The Bertz CT molecular complexity index is 115. The molecule has 1 heterocycles. The first-order chi connectivity index (χ1) is 4.43. The van der Waals surface area contributed by atoms with Gasteiger partial charge in [0.1, 0.15) is 0 Å². The van der Waals surface area contributed by atoms with Gasteiger partial charge in [-0.05, 0) is 0 Å². The van der Waals surface area contributed by atoms with Crippen LogP contribution in [0.5, 0.6) is 0 Å². The molecule has 4 heteroatoms. The van der Waals surface area contributed by atoms with Gasteiger partial charge in [0.15, 0.2) is 0 Å². The summed E-state index contributed by atoms with van der Waals surface area (Å²) >= 11 is 0. The molecule has 1 fully saturated rings. The average molecular weight is 162 g/mol. The summed E-state index contributed by atoms with van der Waals surface area (Å²) in [5.41, 5.74) is 0. The third-order valence-electron chi connectivity index (χ3n) is 1.46. The fourth-order valence-electron chi connectivity index (χ4n) is 0.968. The van der Waals surface area contributed by atoms with Gasteiger partial charge in [-0.25, -0.2) is 0 Å². The zero-order valence-corrected chi connectivity index (χ0v) is 6.58. The monoisotopic (exact) mass is 161 g/mol. The van der Waals surface area contributed by atoms with Crippen molar-refractivity contribution in [2.75, 3.05) is 19.6 Å². The molecule has 0 aromatic heterocycles.